The molecule has 0 spiro atoms. The minimum atomic E-state index is -0.0771. The van der Waals surface area contributed by atoms with Crippen LogP contribution < -0.4 is 10.1 Å². The molecular formula is C10H11ClINO2. The van der Waals surface area contributed by atoms with E-state index in [-0.39, 0.29) is 5.91 Å². The van der Waals surface area contributed by atoms with E-state index in [9.17, 15) is 4.79 Å². The van der Waals surface area contributed by atoms with Crippen molar-refractivity contribution in [3.05, 3.63) is 26.3 Å². The summed E-state index contributed by atoms with van der Waals surface area (Å²) in [7, 11) is 1.59. The first-order valence-corrected chi connectivity index (χ1v) is 5.76. The van der Waals surface area contributed by atoms with Gasteiger partial charge in [-0.25, -0.2) is 0 Å². The molecule has 0 aliphatic rings. The minimum absolute atomic E-state index is 0.0771. The summed E-state index contributed by atoms with van der Waals surface area (Å²) in [5, 5.41) is 3.37. The average Bonchev–Trinajstić information content (AvgIpc) is 2.19. The van der Waals surface area contributed by atoms with Crippen LogP contribution >= 0.6 is 34.2 Å². The van der Waals surface area contributed by atoms with Gasteiger partial charge >= 0.3 is 0 Å². The summed E-state index contributed by atoms with van der Waals surface area (Å²) in [6.07, 6.45) is 0. The highest BCUT2D eigenvalue weighted by molar-refractivity contribution is 14.1. The van der Waals surface area contributed by atoms with Crippen LogP contribution in [0.2, 0.25) is 5.02 Å². The molecule has 3 nitrogen and oxygen atoms in total. The maximum atomic E-state index is 10.8. The topological polar surface area (TPSA) is 38.3 Å². The molecule has 0 aromatic heterocycles. The van der Waals surface area contributed by atoms with Crippen molar-refractivity contribution in [2.45, 2.75) is 13.5 Å². The molecule has 0 radical (unpaired) electrons. The summed E-state index contributed by atoms with van der Waals surface area (Å²) in [6.45, 7) is 1.90. The van der Waals surface area contributed by atoms with Gasteiger partial charge in [-0.05, 0) is 34.7 Å². The third-order valence-electron chi connectivity index (χ3n) is 1.85. The van der Waals surface area contributed by atoms with Crippen molar-refractivity contribution in [3.8, 4) is 5.75 Å². The smallest absolute Gasteiger partial charge is 0.217 e. The zero-order valence-electron chi connectivity index (χ0n) is 8.43. The average molecular weight is 340 g/mol. The second-order valence-corrected chi connectivity index (χ2v) is 4.56. The molecule has 0 aliphatic heterocycles. The third-order valence-corrected chi connectivity index (χ3v) is 3.38. The molecule has 1 N–H and O–H groups in total. The maximum Gasteiger partial charge on any atom is 0.217 e. The Kier molecular flexibility index (Phi) is 4.66. The molecule has 1 aromatic rings. The minimum Gasteiger partial charge on any atom is -0.496 e. The van der Waals surface area contributed by atoms with E-state index >= 15 is 0 Å². The molecular weight excluding hydrogens is 328 g/mol. The van der Waals surface area contributed by atoms with Gasteiger partial charge in [0.05, 0.1) is 12.1 Å². The number of rotatable bonds is 3. The van der Waals surface area contributed by atoms with Crippen LogP contribution in [0.4, 0.5) is 0 Å². The Morgan fingerprint density at radius 2 is 2.27 bits per heavy atom. The first-order chi connectivity index (χ1) is 7.04. The Bertz CT molecular complexity index is 382. The third kappa shape index (κ3) is 3.53. The van der Waals surface area contributed by atoms with Crippen molar-refractivity contribution in [1.82, 2.24) is 5.32 Å². The predicted molar refractivity (Wildman–Crippen MR) is 68.2 cm³/mol. The SMILES string of the molecule is COc1cc(I)c(Cl)cc1CNC(C)=O. The molecule has 0 heterocycles. The number of methoxy groups -OCH3 is 1. The van der Waals surface area contributed by atoms with Crippen LogP contribution in [-0.2, 0) is 11.3 Å². The zero-order valence-corrected chi connectivity index (χ0v) is 11.3. The number of benzene rings is 1. The lowest BCUT2D eigenvalue weighted by Crippen LogP contribution is -2.19. The van der Waals surface area contributed by atoms with Gasteiger partial charge in [0, 0.05) is 22.6 Å². The van der Waals surface area contributed by atoms with E-state index < -0.39 is 0 Å². The first-order valence-electron chi connectivity index (χ1n) is 4.31. The Morgan fingerprint density at radius 3 is 2.80 bits per heavy atom. The monoisotopic (exact) mass is 339 g/mol. The molecule has 0 bridgehead atoms. The molecule has 1 rings (SSSR count). The number of carbonyl (C=O) groups excluding carboxylic acids is 1. The van der Waals surface area contributed by atoms with Crippen molar-refractivity contribution >= 4 is 40.1 Å². The van der Waals surface area contributed by atoms with E-state index in [1.54, 1.807) is 13.2 Å². The molecule has 0 unspecified atom stereocenters. The number of ether oxygens (including phenoxy) is 1. The fraction of sp³-hybridized carbons (Fsp3) is 0.300. The van der Waals surface area contributed by atoms with Gasteiger partial charge in [-0.3, -0.25) is 4.79 Å². The Hall–Kier alpha value is -0.490. The lowest BCUT2D eigenvalue weighted by Gasteiger charge is -2.10. The van der Waals surface area contributed by atoms with E-state index in [4.69, 9.17) is 16.3 Å². The molecule has 0 saturated heterocycles. The van der Waals surface area contributed by atoms with Crippen LogP contribution in [0.5, 0.6) is 5.75 Å². The van der Waals surface area contributed by atoms with Crippen LogP contribution in [0, 0.1) is 3.57 Å². The van der Waals surface area contributed by atoms with Gasteiger partial charge in [0.2, 0.25) is 5.91 Å². The van der Waals surface area contributed by atoms with Crippen molar-refractivity contribution in [2.24, 2.45) is 0 Å². The first kappa shape index (κ1) is 12.6. The molecule has 0 aliphatic carbocycles. The van der Waals surface area contributed by atoms with Gasteiger partial charge in [0.15, 0.2) is 0 Å². The van der Waals surface area contributed by atoms with Crippen LogP contribution in [0.3, 0.4) is 0 Å². The zero-order chi connectivity index (χ0) is 11.4. The lowest BCUT2D eigenvalue weighted by molar-refractivity contribution is -0.119. The van der Waals surface area contributed by atoms with E-state index in [0.717, 1.165) is 14.9 Å². The molecule has 5 heteroatoms. The summed E-state index contributed by atoms with van der Waals surface area (Å²) < 4.78 is 6.13. The van der Waals surface area contributed by atoms with Gasteiger partial charge in [0.1, 0.15) is 5.75 Å². The molecule has 82 valence electrons. The summed E-state index contributed by atoms with van der Waals surface area (Å²) in [5.41, 5.74) is 0.873. The summed E-state index contributed by atoms with van der Waals surface area (Å²) in [4.78, 5) is 10.8. The number of amides is 1. The number of hydrogen-bond donors (Lipinski definition) is 1. The van der Waals surface area contributed by atoms with Crippen LogP contribution in [0.1, 0.15) is 12.5 Å². The molecule has 1 aromatic carbocycles. The van der Waals surface area contributed by atoms with Crippen molar-refractivity contribution in [1.29, 1.82) is 0 Å². The Morgan fingerprint density at radius 1 is 1.60 bits per heavy atom. The highest BCUT2D eigenvalue weighted by Gasteiger charge is 2.07. The van der Waals surface area contributed by atoms with E-state index in [2.05, 4.69) is 27.9 Å². The Labute approximate surface area is 107 Å². The fourth-order valence-corrected chi connectivity index (χ4v) is 1.74. The predicted octanol–water partition coefficient (Wildman–Crippen LogP) is 2.59. The van der Waals surface area contributed by atoms with Crippen LogP contribution in [0.25, 0.3) is 0 Å². The second kappa shape index (κ2) is 5.55. The maximum absolute atomic E-state index is 10.8. The van der Waals surface area contributed by atoms with E-state index in [1.807, 2.05) is 6.07 Å². The van der Waals surface area contributed by atoms with Crippen molar-refractivity contribution in [2.75, 3.05) is 7.11 Å². The molecule has 0 atom stereocenters. The Balaban J connectivity index is 2.94. The van der Waals surface area contributed by atoms with Gasteiger partial charge in [-0.1, -0.05) is 11.6 Å². The quantitative estimate of drug-likeness (QED) is 0.860. The highest BCUT2D eigenvalue weighted by atomic mass is 127. The van der Waals surface area contributed by atoms with E-state index in [0.29, 0.717) is 11.6 Å². The van der Waals surface area contributed by atoms with Gasteiger partial charge in [-0.15, -0.1) is 0 Å². The summed E-state index contributed by atoms with van der Waals surface area (Å²) >= 11 is 8.11. The van der Waals surface area contributed by atoms with Crippen molar-refractivity contribution < 1.29 is 9.53 Å². The normalized spacial score (nSPS) is 9.87. The lowest BCUT2D eigenvalue weighted by atomic mass is 10.2. The largest absolute Gasteiger partial charge is 0.496 e. The fourth-order valence-electron chi connectivity index (χ4n) is 1.12. The molecule has 15 heavy (non-hydrogen) atoms. The van der Waals surface area contributed by atoms with Gasteiger partial charge in [-0.2, -0.15) is 0 Å². The number of nitrogens with one attached hydrogen (secondary N) is 1. The molecule has 0 fully saturated rings. The second-order valence-electron chi connectivity index (χ2n) is 2.99. The van der Waals surface area contributed by atoms with Gasteiger partial charge in [0.25, 0.3) is 0 Å². The number of hydrogen-bond acceptors (Lipinski definition) is 2. The van der Waals surface area contributed by atoms with Crippen LogP contribution in [0.15, 0.2) is 12.1 Å². The van der Waals surface area contributed by atoms with E-state index in [1.165, 1.54) is 6.92 Å². The summed E-state index contributed by atoms with van der Waals surface area (Å²) in [6, 6.07) is 3.65. The van der Waals surface area contributed by atoms with Gasteiger partial charge < -0.3 is 10.1 Å². The van der Waals surface area contributed by atoms with Crippen LogP contribution in [-0.4, -0.2) is 13.0 Å². The molecule has 0 saturated carbocycles. The standard InChI is InChI=1S/C10H11ClINO2/c1-6(14)13-5-7-3-8(11)9(12)4-10(7)15-2/h3-4H,5H2,1-2H3,(H,13,14). The number of carbonyl (C=O) groups is 1. The van der Waals surface area contributed by atoms with Crippen molar-refractivity contribution in [3.63, 3.8) is 0 Å². The number of halogens is 2. The highest BCUT2D eigenvalue weighted by Crippen LogP contribution is 2.27. The molecule has 1 amide bonds. The summed E-state index contributed by atoms with van der Waals surface area (Å²) in [5.74, 6) is 0.657.